The number of nitrogens with zero attached hydrogens (tertiary/aromatic N) is 1. The molecule has 1 fully saturated rings. The number of carbonyl (C=O) groups excluding carboxylic acids is 2. The molecule has 2 aromatic carbocycles. The van der Waals surface area contributed by atoms with Crippen LogP contribution in [0.5, 0.6) is 11.5 Å². The van der Waals surface area contributed by atoms with E-state index in [1.54, 1.807) is 4.90 Å². The van der Waals surface area contributed by atoms with Crippen LogP contribution in [0.2, 0.25) is 0 Å². The topological polar surface area (TPSA) is 67.9 Å². The number of benzene rings is 2. The van der Waals surface area contributed by atoms with Gasteiger partial charge in [0.15, 0.2) is 11.5 Å². The smallest absolute Gasteiger partial charge is 0.229 e. The van der Waals surface area contributed by atoms with Crippen LogP contribution in [0.3, 0.4) is 0 Å². The third-order valence-electron chi connectivity index (χ3n) is 5.04. The van der Waals surface area contributed by atoms with Crippen molar-refractivity contribution in [2.75, 3.05) is 24.7 Å². The van der Waals surface area contributed by atoms with E-state index >= 15 is 0 Å². The number of nitrogens with one attached hydrogen (secondary N) is 1. The quantitative estimate of drug-likeness (QED) is 0.837. The summed E-state index contributed by atoms with van der Waals surface area (Å²) in [6.07, 6.45) is 2.45. The van der Waals surface area contributed by atoms with Crippen molar-refractivity contribution in [3.63, 3.8) is 0 Å². The molecule has 1 atom stereocenters. The largest absolute Gasteiger partial charge is 0.486 e. The minimum Gasteiger partial charge on any atom is -0.486 e. The maximum absolute atomic E-state index is 12.4. The van der Waals surface area contributed by atoms with E-state index in [2.05, 4.69) is 17.4 Å². The summed E-state index contributed by atoms with van der Waals surface area (Å²) in [5, 5.41) is 3.00. The van der Waals surface area contributed by atoms with Gasteiger partial charge >= 0.3 is 0 Å². The normalized spacial score (nSPS) is 18.2. The first-order chi connectivity index (χ1) is 13.7. The van der Waals surface area contributed by atoms with Gasteiger partial charge in [-0.15, -0.1) is 0 Å². The summed E-state index contributed by atoms with van der Waals surface area (Å²) < 4.78 is 11.1. The highest BCUT2D eigenvalue weighted by Gasteiger charge is 2.32. The second-order valence-corrected chi connectivity index (χ2v) is 7.14. The molecule has 2 aromatic rings. The number of fused-ring (bicyclic) bond motifs is 1. The van der Waals surface area contributed by atoms with E-state index in [9.17, 15) is 9.59 Å². The monoisotopic (exact) mass is 380 g/mol. The first kappa shape index (κ1) is 18.3. The van der Waals surface area contributed by atoms with Crippen molar-refractivity contribution in [1.82, 2.24) is 5.32 Å². The highest BCUT2D eigenvalue weighted by atomic mass is 16.6. The van der Waals surface area contributed by atoms with Crippen LogP contribution >= 0.6 is 0 Å². The van der Waals surface area contributed by atoms with Gasteiger partial charge in [-0.1, -0.05) is 30.3 Å². The highest BCUT2D eigenvalue weighted by molar-refractivity contribution is 5.97. The number of hydrogen-bond acceptors (Lipinski definition) is 4. The summed E-state index contributed by atoms with van der Waals surface area (Å²) in [5.41, 5.74) is 2.01. The zero-order valence-corrected chi connectivity index (χ0v) is 15.7. The molecule has 2 amide bonds. The maximum atomic E-state index is 12.4. The van der Waals surface area contributed by atoms with Gasteiger partial charge in [0, 0.05) is 31.1 Å². The summed E-state index contributed by atoms with van der Waals surface area (Å²) in [6, 6.07) is 15.5. The fourth-order valence-corrected chi connectivity index (χ4v) is 3.65. The van der Waals surface area contributed by atoms with E-state index in [1.807, 2.05) is 36.4 Å². The number of carbonyl (C=O) groups is 2. The number of aryl methyl sites for hydroxylation is 1. The molecule has 28 heavy (non-hydrogen) atoms. The fraction of sp³-hybridized carbons (Fsp3) is 0.364. The predicted molar refractivity (Wildman–Crippen MR) is 106 cm³/mol. The average molecular weight is 380 g/mol. The number of anilines is 1. The van der Waals surface area contributed by atoms with Crippen LogP contribution in [-0.2, 0) is 16.0 Å². The molecule has 146 valence electrons. The Bertz CT molecular complexity index is 853. The first-order valence-corrected chi connectivity index (χ1v) is 9.72. The van der Waals surface area contributed by atoms with Gasteiger partial charge in [0.1, 0.15) is 13.2 Å². The van der Waals surface area contributed by atoms with Crippen molar-refractivity contribution >= 4 is 17.5 Å². The number of rotatable bonds is 6. The van der Waals surface area contributed by atoms with E-state index in [0.29, 0.717) is 44.1 Å². The number of hydrogen-bond donors (Lipinski definition) is 1. The lowest BCUT2D eigenvalue weighted by molar-refractivity contribution is -0.121. The molecule has 0 radical (unpaired) electrons. The molecule has 6 heteroatoms. The standard InChI is InChI=1S/C22H24N2O4/c25-21(8-4-7-16-5-2-1-3-6-16)23-17-13-22(26)24(15-17)18-9-10-19-20(14-18)28-12-11-27-19/h1-3,5-6,9-10,14,17H,4,7-8,11-13,15H2,(H,23,25). The third kappa shape index (κ3) is 4.27. The molecule has 0 aromatic heterocycles. The summed E-state index contributed by atoms with van der Waals surface area (Å²) in [4.78, 5) is 26.4. The van der Waals surface area contributed by atoms with E-state index in [0.717, 1.165) is 18.5 Å². The molecule has 1 unspecified atom stereocenters. The van der Waals surface area contributed by atoms with E-state index in [4.69, 9.17) is 9.47 Å². The van der Waals surface area contributed by atoms with E-state index in [1.165, 1.54) is 5.56 Å². The molecule has 2 aliphatic heterocycles. The maximum Gasteiger partial charge on any atom is 0.229 e. The van der Waals surface area contributed by atoms with Crippen LogP contribution < -0.4 is 19.7 Å². The van der Waals surface area contributed by atoms with Crippen molar-refractivity contribution in [3.05, 3.63) is 54.1 Å². The Kier molecular flexibility index (Phi) is 5.46. The molecule has 2 heterocycles. The van der Waals surface area contributed by atoms with Crippen LogP contribution in [0.4, 0.5) is 5.69 Å². The molecule has 0 aliphatic carbocycles. The zero-order valence-electron chi connectivity index (χ0n) is 15.7. The van der Waals surface area contributed by atoms with Crippen LogP contribution in [-0.4, -0.2) is 37.6 Å². The molecule has 1 N–H and O–H groups in total. The molecule has 1 saturated heterocycles. The molecule has 0 bridgehead atoms. The van der Waals surface area contributed by atoms with Gasteiger partial charge in [0.2, 0.25) is 11.8 Å². The van der Waals surface area contributed by atoms with Gasteiger partial charge in [0.05, 0.1) is 6.04 Å². The number of ether oxygens (including phenoxy) is 2. The SMILES string of the molecule is O=C(CCCc1ccccc1)NC1CC(=O)N(c2ccc3c(c2)OCCO3)C1. The van der Waals surface area contributed by atoms with Crippen molar-refractivity contribution in [2.24, 2.45) is 0 Å². The molecule has 4 rings (SSSR count). The Morgan fingerprint density at radius 1 is 1.07 bits per heavy atom. The van der Waals surface area contributed by atoms with Gasteiger partial charge in [-0.3, -0.25) is 9.59 Å². The van der Waals surface area contributed by atoms with Gasteiger partial charge in [-0.2, -0.15) is 0 Å². The lowest BCUT2D eigenvalue weighted by atomic mass is 10.1. The Balaban J connectivity index is 1.29. The van der Waals surface area contributed by atoms with Crippen molar-refractivity contribution in [3.8, 4) is 11.5 Å². The molecular weight excluding hydrogens is 356 g/mol. The summed E-state index contributed by atoms with van der Waals surface area (Å²) >= 11 is 0. The van der Waals surface area contributed by atoms with Crippen LogP contribution in [0.25, 0.3) is 0 Å². The fourth-order valence-electron chi connectivity index (χ4n) is 3.65. The molecule has 2 aliphatic rings. The Morgan fingerprint density at radius 2 is 1.86 bits per heavy atom. The second kappa shape index (κ2) is 8.33. The Hall–Kier alpha value is -3.02. The average Bonchev–Trinajstić information content (AvgIpc) is 3.08. The van der Waals surface area contributed by atoms with Gasteiger partial charge in [0.25, 0.3) is 0 Å². The second-order valence-electron chi connectivity index (χ2n) is 7.14. The van der Waals surface area contributed by atoms with Crippen molar-refractivity contribution in [1.29, 1.82) is 0 Å². The lowest BCUT2D eigenvalue weighted by Gasteiger charge is -2.22. The summed E-state index contributed by atoms with van der Waals surface area (Å²) in [6.45, 7) is 1.52. The Morgan fingerprint density at radius 3 is 2.68 bits per heavy atom. The molecule has 6 nitrogen and oxygen atoms in total. The summed E-state index contributed by atoms with van der Waals surface area (Å²) in [7, 11) is 0. The minimum atomic E-state index is -0.162. The van der Waals surface area contributed by atoms with Crippen LogP contribution in [0.1, 0.15) is 24.8 Å². The summed E-state index contributed by atoms with van der Waals surface area (Å²) in [5.74, 6) is 1.36. The highest BCUT2D eigenvalue weighted by Crippen LogP contribution is 2.35. The molecule has 0 saturated carbocycles. The van der Waals surface area contributed by atoms with Crippen molar-refractivity contribution < 1.29 is 19.1 Å². The van der Waals surface area contributed by atoms with E-state index in [-0.39, 0.29) is 17.9 Å². The van der Waals surface area contributed by atoms with Gasteiger partial charge < -0.3 is 19.7 Å². The van der Waals surface area contributed by atoms with Crippen LogP contribution in [0.15, 0.2) is 48.5 Å². The molecule has 0 spiro atoms. The minimum absolute atomic E-state index is 0.00208. The van der Waals surface area contributed by atoms with Crippen molar-refractivity contribution in [2.45, 2.75) is 31.7 Å². The Labute approximate surface area is 164 Å². The van der Waals surface area contributed by atoms with Gasteiger partial charge in [-0.25, -0.2) is 0 Å². The molecular formula is C22H24N2O4. The predicted octanol–water partition coefficient (Wildman–Crippen LogP) is 2.70. The first-order valence-electron chi connectivity index (χ1n) is 9.72. The van der Waals surface area contributed by atoms with E-state index < -0.39 is 0 Å². The lowest BCUT2D eigenvalue weighted by Crippen LogP contribution is -2.37. The van der Waals surface area contributed by atoms with Crippen LogP contribution in [0, 0.1) is 0 Å². The number of amides is 2. The third-order valence-corrected chi connectivity index (χ3v) is 5.04. The van der Waals surface area contributed by atoms with Gasteiger partial charge in [-0.05, 0) is 30.5 Å². The zero-order chi connectivity index (χ0) is 19.3.